The van der Waals surface area contributed by atoms with Crippen LogP contribution in [0, 0.1) is 6.92 Å². The van der Waals surface area contributed by atoms with Gasteiger partial charge in [-0.3, -0.25) is 4.90 Å². The van der Waals surface area contributed by atoms with Gasteiger partial charge in [0.1, 0.15) is 5.76 Å². The average Bonchev–Trinajstić information content (AvgIpc) is 3.17. The molecule has 1 fully saturated rings. The molecule has 2 aromatic rings. The first-order valence-electron chi connectivity index (χ1n) is 7.69. The Morgan fingerprint density at radius 3 is 2.61 bits per heavy atom. The minimum absolute atomic E-state index is 0.172. The second kappa shape index (κ2) is 6.72. The van der Waals surface area contributed by atoms with Crippen LogP contribution in [0.1, 0.15) is 18.4 Å². The van der Waals surface area contributed by atoms with Gasteiger partial charge in [-0.05, 0) is 26.0 Å². The maximum atomic E-state index is 11.9. The molecule has 0 aromatic carbocycles. The van der Waals surface area contributed by atoms with Gasteiger partial charge >= 0.3 is 0 Å². The molecule has 0 saturated carbocycles. The van der Waals surface area contributed by atoms with E-state index >= 15 is 0 Å². The van der Waals surface area contributed by atoms with Gasteiger partial charge in [-0.25, -0.2) is 13.4 Å². The minimum Gasteiger partial charge on any atom is -0.459 e. The maximum absolute atomic E-state index is 11.9. The van der Waals surface area contributed by atoms with Crippen molar-refractivity contribution in [3.63, 3.8) is 0 Å². The lowest BCUT2D eigenvalue weighted by molar-refractivity contribution is 0.180. The van der Waals surface area contributed by atoms with Gasteiger partial charge in [0.25, 0.3) is 0 Å². The lowest BCUT2D eigenvalue weighted by Gasteiger charge is -2.33. The molecule has 3 rings (SSSR count). The van der Waals surface area contributed by atoms with Gasteiger partial charge < -0.3 is 4.42 Å². The Morgan fingerprint density at radius 2 is 2.00 bits per heavy atom. The fourth-order valence-corrected chi connectivity index (χ4v) is 4.48. The van der Waals surface area contributed by atoms with E-state index in [9.17, 15) is 8.42 Å². The highest BCUT2D eigenvalue weighted by Gasteiger charge is 2.25. The molecule has 126 valence electrons. The minimum atomic E-state index is -3.07. The zero-order chi connectivity index (χ0) is 16.4. The quantitative estimate of drug-likeness (QED) is 0.822. The molecule has 0 unspecified atom stereocenters. The Bertz CT molecular complexity index is 759. The average molecular weight is 355 g/mol. The molecule has 0 radical (unpaired) electrons. The molecular weight excluding hydrogens is 334 g/mol. The molecule has 8 heteroatoms. The van der Waals surface area contributed by atoms with E-state index in [4.69, 9.17) is 4.42 Å². The predicted octanol–water partition coefficient (Wildman–Crippen LogP) is 2.18. The summed E-state index contributed by atoms with van der Waals surface area (Å²) in [6, 6.07) is 3.87. The zero-order valence-corrected chi connectivity index (χ0v) is 15.0. The number of rotatable bonds is 5. The van der Waals surface area contributed by atoms with Crippen LogP contribution in [0.5, 0.6) is 0 Å². The number of furan rings is 1. The summed E-state index contributed by atoms with van der Waals surface area (Å²) >= 11 is 1.58. The largest absolute Gasteiger partial charge is 0.459 e. The van der Waals surface area contributed by atoms with Crippen LogP contribution < -0.4 is 0 Å². The molecule has 1 aliphatic heterocycles. The lowest BCUT2D eigenvalue weighted by Crippen LogP contribution is -2.48. The number of nitrogens with zero attached hydrogens (tertiary/aromatic N) is 3. The summed E-state index contributed by atoms with van der Waals surface area (Å²) in [5, 5.41) is 2.93. The summed E-state index contributed by atoms with van der Waals surface area (Å²) in [4.78, 5) is 6.87. The van der Waals surface area contributed by atoms with Gasteiger partial charge in [0, 0.05) is 38.1 Å². The van der Waals surface area contributed by atoms with Crippen LogP contribution in [0.15, 0.2) is 21.9 Å². The van der Waals surface area contributed by atoms with E-state index in [-0.39, 0.29) is 5.75 Å². The van der Waals surface area contributed by atoms with E-state index in [0.717, 1.165) is 41.9 Å². The molecule has 0 N–H and O–H groups in total. The number of hydrogen-bond acceptors (Lipinski definition) is 6. The molecule has 1 aliphatic rings. The Hall–Kier alpha value is -1.22. The molecule has 1 saturated heterocycles. The smallest absolute Gasteiger partial charge is 0.213 e. The van der Waals surface area contributed by atoms with Crippen LogP contribution >= 0.6 is 11.3 Å². The van der Waals surface area contributed by atoms with E-state index in [0.29, 0.717) is 13.1 Å². The first-order valence-corrected chi connectivity index (χ1v) is 10.2. The monoisotopic (exact) mass is 355 g/mol. The number of sulfonamides is 1. The van der Waals surface area contributed by atoms with Gasteiger partial charge in [0.05, 0.1) is 11.4 Å². The molecular formula is C15H21N3O3S2. The maximum Gasteiger partial charge on any atom is 0.213 e. The highest BCUT2D eigenvalue weighted by molar-refractivity contribution is 7.89. The topological polar surface area (TPSA) is 66.7 Å². The van der Waals surface area contributed by atoms with E-state index in [1.165, 1.54) is 0 Å². The highest BCUT2D eigenvalue weighted by Crippen LogP contribution is 2.26. The first-order chi connectivity index (χ1) is 11.0. The number of aromatic nitrogens is 1. The third kappa shape index (κ3) is 3.82. The lowest BCUT2D eigenvalue weighted by atomic mass is 10.3. The fraction of sp³-hybridized carbons (Fsp3) is 0.533. The summed E-state index contributed by atoms with van der Waals surface area (Å²) in [6.45, 7) is 6.96. The predicted molar refractivity (Wildman–Crippen MR) is 90.9 cm³/mol. The molecule has 0 spiro atoms. The summed E-state index contributed by atoms with van der Waals surface area (Å²) in [5.41, 5.74) is 1.01. The van der Waals surface area contributed by atoms with Crippen LogP contribution in [0.3, 0.4) is 0 Å². The summed E-state index contributed by atoms with van der Waals surface area (Å²) in [5.74, 6) is 1.85. The fourth-order valence-electron chi connectivity index (χ4n) is 2.62. The highest BCUT2D eigenvalue weighted by atomic mass is 32.2. The third-order valence-electron chi connectivity index (χ3n) is 3.98. The van der Waals surface area contributed by atoms with Crippen molar-refractivity contribution in [2.45, 2.75) is 20.4 Å². The first kappa shape index (κ1) is 16.6. The van der Waals surface area contributed by atoms with Gasteiger partial charge in [0.2, 0.25) is 10.0 Å². The second-order valence-corrected chi connectivity index (χ2v) is 8.75. The standard InChI is InChI=1S/C15H21N3O3S2/c1-3-23(19,20)18-8-6-17(7-9-18)10-13-11-22-15(16-13)14-5-4-12(2)21-14/h4-5,11H,3,6-10H2,1-2H3. The molecule has 0 aliphatic carbocycles. The van der Waals surface area contributed by atoms with Crippen molar-refractivity contribution < 1.29 is 12.8 Å². The molecule has 23 heavy (non-hydrogen) atoms. The van der Waals surface area contributed by atoms with E-state index in [1.807, 2.05) is 24.4 Å². The Morgan fingerprint density at radius 1 is 1.26 bits per heavy atom. The van der Waals surface area contributed by atoms with Crippen molar-refractivity contribution in [1.82, 2.24) is 14.2 Å². The summed E-state index contributed by atoms with van der Waals surface area (Å²) in [7, 11) is -3.07. The molecule has 0 bridgehead atoms. The Labute approximate surface area is 140 Å². The Balaban J connectivity index is 1.58. The van der Waals surface area contributed by atoms with Crippen LogP contribution in [-0.4, -0.2) is 54.5 Å². The van der Waals surface area contributed by atoms with Crippen molar-refractivity contribution in [2.24, 2.45) is 0 Å². The van der Waals surface area contributed by atoms with Crippen molar-refractivity contribution >= 4 is 21.4 Å². The van der Waals surface area contributed by atoms with E-state index < -0.39 is 10.0 Å². The zero-order valence-electron chi connectivity index (χ0n) is 13.4. The number of hydrogen-bond donors (Lipinski definition) is 0. The molecule has 2 aromatic heterocycles. The van der Waals surface area contributed by atoms with Gasteiger partial charge in [-0.1, -0.05) is 0 Å². The summed E-state index contributed by atoms with van der Waals surface area (Å²) < 4.78 is 30.9. The van der Waals surface area contributed by atoms with Crippen LogP contribution in [-0.2, 0) is 16.6 Å². The van der Waals surface area contributed by atoms with Gasteiger partial charge in [-0.15, -0.1) is 11.3 Å². The van der Waals surface area contributed by atoms with E-state index in [1.54, 1.807) is 22.6 Å². The van der Waals surface area contributed by atoms with Crippen LogP contribution in [0.2, 0.25) is 0 Å². The van der Waals surface area contributed by atoms with Crippen molar-refractivity contribution in [3.8, 4) is 10.8 Å². The van der Waals surface area contributed by atoms with Gasteiger partial charge in [0.15, 0.2) is 10.8 Å². The second-order valence-electron chi connectivity index (χ2n) is 5.63. The van der Waals surface area contributed by atoms with Crippen LogP contribution in [0.4, 0.5) is 0 Å². The number of aryl methyl sites for hydroxylation is 1. The molecule has 3 heterocycles. The van der Waals surface area contributed by atoms with Crippen molar-refractivity contribution in [1.29, 1.82) is 0 Å². The summed E-state index contributed by atoms with van der Waals surface area (Å²) in [6.07, 6.45) is 0. The molecule has 0 atom stereocenters. The van der Waals surface area contributed by atoms with Crippen molar-refractivity contribution in [3.05, 3.63) is 29.0 Å². The van der Waals surface area contributed by atoms with Gasteiger partial charge in [-0.2, -0.15) is 4.31 Å². The SMILES string of the molecule is CCS(=O)(=O)N1CCN(Cc2csc(-c3ccc(C)o3)n2)CC1. The van der Waals surface area contributed by atoms with Crippen LogP contribution in [0.25, 0.3) is 10.8 Å². The van der Waals surface area contributed by atoms with E-state index in [2.05, 4.69) is 9.88 Å². The molecule has 0 amide bonds. The number of piperazine rings is 1. The normalized spacial score (nSPS) is 17.7. The molecule has 6 nitrogen and oxygen atoms in total. The third-order valence-corrected chi connectivity index (χ3v) is 6.77. The number of thiazole rings is 1. The Kier molecular flexibility index (Phi) is 4.86. The van der Waals surface area contributed by atoms with Crippen molar-refractivity contribution in [2.75, 3.05) is 31.9 Å².